The molecule has 0 radical (unpaired) electrons. The maximum absolute atomic E-state index is 13.3. The summed E-state index contributed by atoms with van der Waals surface area (Å²) in [6.07, 6.45) is -0.146. The largest absolute Gasteiger partial charge is 0.490 e. The summed E-state index contributed by atoms with van der Waals surface area (Å²) in [4.78, 5) is 12.0. The van der Waals surface area contributed by atoms with Crippen molar-refractivity contribution in [2.75, 3.05) is 0 Å². The number of fused-ring (bicyclic) bond motifs is 1. The van der Waals surface area contributed by atoms with Gasteiger partial charge in [0.25, 0.3) is 0 Å². The Morgan fingerprint density at radius 3 is 2.48 bits per heavy atom. The monoisotopic (exact) mass is 395 g/mol. The Bertz CT molecular complexity index is 1200. The number of nitrogens with zero attached hydrogens (tertiary/aromatic N) is 1. The van der Waals surface area contributed by atoms with Crippen LogP contribution in [0, 0.1) is 12.7 Å². The number of furan rings is 1. The smallest absolute Gasteiger partial charge is 0.340 e. The number of carbonyl (C=O) groups is 1. The molecule has 2 heterocycles. The Labute approximate surface area is 165 Å². The van der Waals surface area contributed by atoms with Crippen molar-refractivity contribution >= 4 is 16.9 Å². The Hall–Kier alpha value is -3.61. The second kappa shape index (κ2) is 7.09. The van der Waals surface area contributed by atoms with Crippen molar-refractivity contribution in [3.8, 4) is 28.4 Å². The molecule has 0 amide bonds. The third-order valence-corrected chi connectivity index (χ3v) is 4.37. The van der Waals surface area contributed by atoms with Gasteiger partial charge in [0.2, 0.25) is 0 Å². The molecule has 2 aromatic heterocycles. The average Bonchev–Trinajstić information content (AvgIpc) is 3.24. The van der Waals surface area contributed by atoms with Crippen LogP contribution in [0.2, 0.25) is 0 Å². The van der Waals surface area contributed by atoms with Crippen molar-refractivity contribution < 1.29 is 28.0 Å². The summed E-state index contributed by atoms with van der Waals surface area (Å²) in [6.45, 7) is 5.55. The summed E-state index contributed by atoms with van der Waals surface area (Å²) in [5, 5.41) is 14.1. The number of halogens is 1. The van der Waals surface area contributed by atoms with E-state index in [9.17, 15) is 14.3 Å². The Balaban J connectivity index is 1.99. The van der Waals surface area contributed by atoms with E-state index in [1.165, 1.54) is 24.3 Å². The number of benzene rings is 2. The van der Waals surface area contributed by atoms with E-state index in [0.29, 0.717) is 39.3 Å². The highest BCUT2D eigenvalue weighted by atomic mass is 19.1. The number of aromatic carboxylic acids is 1. The van der Waals surface area contributed by atoms with E-state index in [4.69, 9.17) is 13.7 Å². The Kier molecular flexibility index (Phi) is 4.58. The van der Waals surface area contributed by atoms with Crippen molar-refractivity contribution in [1.29, 1.82) is 0 Å². The van der Waals surface area contributed by atoms with Gasteiger partial charge < -0.3 is 18.8 Å². The first-order valence-corrected chi connectivity index (χ1v) is 9.03. The molecule has 148 valence electrons. The van der Waals surface area contributed by atoms with Gasteiger partial charge >= 0.3 is 5.97 Å². The molecule has 0 bridgehead atoms. The van der Waals surface area contributed by atoms with Crippen LogP contribution in [-0.4, -0.2) is 22.3 Å². The number of hydrogen-bond donors (Lipinski definition) is 1. The molecule has 1 N–H and O–H groups in total. The second-order valence-corrected chi connectivity index (χ2v) is 6.96. The summed E-state index contributed by atoms with van der Waals surface area (Å²) < 4.78 is 30.5. The number of hydrogen-bond acceptors (Lipinski definition) is 5. The fraction of sp³-hybridized carbons (Fsp3) is 0.182. The molecule has 7 heteroatoms. The van der Waals surface area contributed by atoms with E-state index in [-0.39, 0.29) is 17.4 Å². The molecule has 0 saturated carbocycles. The maximum Gasteiger partial charge on any atom is 0.340 e. The van der Waals surface area contributed by atoms with Gasteiger partial charge in [-0.3, -0.25) is 0 Å². The zero-order valence-corrected chi connectivity index (χ0v) is 16.0. The fourth-order valence-electron chi connectivity index (χ4n) is 3.17. The first-order chi connectivity index (χ1) is 13.8. The molecular weight excluding hydrogens is 377 g/mol. The van der Waals surface area contributed by atoms with Crippen molar-refractivity contribution in [2.45, 2.75) is 26.9 Å². The van der Waals surface area contributed by atoms with Gasteiger partial charge in [0.1, 0.15) is 28.5 Å². The highest BCUT2D eigenvalue weighted by Crippen LogP contribution is 2.41. The summed E-state index contributed by atoms with van der Waals surface area (Å²) in [5.74, 6) is -0.484. The molecule has 0 aliphatic carbocycles. The van der Waals surface area contributed by atoms with Crippen LogP contribution in [0.15, 0.2) is 51.4 Å². The van der Waals surface area contributed by atoms with E-state index in [1.807, 2.05) is 13.8 Å². The lowest BCUT2D eigenvalue weighted by molar-refractivity contribution is 0.0699. The van der Waals surface area contributed by atoms with Crippen LogP contribution in [0.5, 0.6) is 5.75 Å². The molecule has 4 aromatic rings. The Morgan fingerprint density at radius 1 is 1.17 bits per heavy atom. The summed E-state index contributed by atoms with van der Waals surface area (Å²) >= 11 is 0. The van der Waals surface area contributed by atoms with Gasteiger partial charge in [-0.1, -0.05) is 5.16 Å². The van der Waals surface area contributed by atoms with Crippen LogP contribution in [-0.2, 0) is 0 Å². The number of carboxylic acids is 1. The van der Waals surface area contributed by atoms with E-state index in [2.05, 4.69) is 5.16 Å². The third kappa shape index (κ3) is 3.47. The van der Waals surface area contributed by atoms with Crippen LogP contribution >= 0.6 is 0 Å². The van der Waals surface area contributed by atoms with Crippen LogP contribution in [0.25, 0.3) is 33.6 Å². The predicted molar refractivity (Wildman–Crippen MR) is 105 cm³/mol. The molecule has 4 rings (SSSR count). The number of aryl methyl sites for hydroxylation is 1. The van der Waals surface area contributed by atoms with Crippen molar-refractivity contribution in [3.63, 3.8) is 0 Å². The van der Waals surface area contributed by atoms with E-state index >= 15 is 0 Å². The average molecular weight is 395 g/mol. The standard InChI is InChI=1S/C22H18FNO5/c1-11(2)27-17-10-16-18(9-15(17)19-8-12(3)24-29-19)28-21(20(16)22(25)26)13-4-6-14(23)7-5-13/h4-11H,1-3H3,(H,25,26). The highest BCUT2D eigenvalue weighted by molar-refractivity contribution is 6.09. The minimum Gasteiger partial charge on any atom is -0.490 e. The first kappa shape index (κ1) is 18.7. The Morgan fingerprint density at radius 2 is 1.90 bits per heavy atom. The molecular formula is C22H18FNO5. The minimum absolute atomic E-state index is 0.0134. The van der Waals surface area contributed by atoms with Gasteiger partial charge in [0, 0.05) is 17.0 Å². The molecule has 0 saturated heterocycles. The topological polar surface area (TPSA) is 85.7 Å². The molecule has 0 fully saturated rings. The van der Waals surface area contributed by atoms with Crippen LogP contribution in [0.1, 0.15) is 29.9 Å². The summed E-state index contributed by atoms with van der Waals surface area (Å²) in [5.41, 5.74) is 2.10. The third-order valence-electron chi connectivity index (χ3n) is 4.37. The first-order valence-electron chi connectivity index (χ1n) is 9.03. The zero-order valence-electron chi connectivity index (χ0n) is 16.0. The number of carboxylic acid groups (broad SMARTS) is 1. The maximum atomic E-state index is 13.3. The summed E-state index contributed by atoms with van der Waals surface area (Å²) in [7, 11) is 0. The molecule has 0 spiro atoms. The second-order valence-electron chi connectivity index (χ2n) is 6.96. The molecule has 6 nitrogen and oxygen atoms in total. The molecule has 29 heavy (non-hydrogen) atoms. The normalized spacial score (nSPS) is 11.3. The van der Waals surface area contributed by atoms with Gasteiger partial charge in [-0.25, -0.2) is 9.18 Å². The quantitative estimate of drug-likeness (QED) is 0.467. The summed E-state index contributed by atoms with van der Waals surface area (Å²) in [6, 6.07) is 10.5. The number of aromatic nitrogens is 1. The molecule has 0 unspecified atom stereocenters. The lowest BCUT2D eigenvalue weighted by Gasteiger charge is -2.13. The fourth-order valence-corrected chi connectivity index (χ4v) is 3.17. The van der Waals surface area contributed by atoms with E-state index in [1.54, 1.807) is 25.1 Å². The number of ether oxygens (including phenoxy) is 1. The van der Waals surface area contributed by atoms with Crippen molar-refractivity contribution in [2.24, 2.45) is 0 Å². The van der Waals surface area contributed by atoms with E-state index in [0.717, 1.165) is 0 Å². The zero-order chi connectivity index (χ0) is 20.7. The van der Waals surface area contributed by atoms with E-state index < -0.39 is 11.8 Å². The van der Waals surface area contributed by atoms with Gasteiger partial charge in [0.05, 0.1) is 17.4 Å². The minimum atomic E-state index is -1.15. The SMILES string of the molecule is Cc1cc(-c2cc3oc(-c4ccc(F)cc4)c(C(=O)O)c3cc2OC(C)C)on1. The van der Waals surface area contributed by atoms with Crippen LogP contribution < -0.4 is 4.74 Å². The lowest BCUT2D eigenvalue weighted by Crippen LogP contribution is -2.06. The molecule has 0 aliphatic heterocycles. The molecule has 0 aliphatic rings. The lowest BCUT2D eigenvalue weighted by atomic mass is 10.0. The highest BCUT2D eigenvalue weighted by Gasteiger charge is 2.25. The van der Waals surface area contributed by atoms with Gasteiger partial charge in [-0.15, -0.1) is 0 Å². The van der Waals surface area contributed by atoms with Crippen LogP contribution in [0.4, 0.5) is 4.39 Å². The molecule has 0 atom stereocenters. The van der Waals surface area contributed by atoms with Gasteiger partial charge in [-0.05, 0) is 57.2 Å². The van der Waals surface area contributed by atoms with Crippen molar-refractivity contribution in [3.05, 3.63) is 59.5 Å². The van der Waals surface area contributed by atoms with Gasteiger partial charge in [-0.2, -0.15) is 0 Å². The molecule has 2 aromatic carbocycles. The number of rotatable bonds is 5. The predicted octanol–water partition coefficient (Wildman–Crippen LogP) is 5.69. The van der Waals surface area contributed by atoms with Gasteiger partial charge in [0.15, 0.2) is 5.76 Å². The van der Waals surface area contributed by atoms with Crippen LogP contribution in [0.3, 0.4) is 0 Å². The van der Waals surface area contributed by atoms with Crippen molar-refractivity contribution in [1.82, 2.24) is 5.16 Å².